The minimum absolute atomic E-state index is 0.0358. The van der Waals surface area contributed by atoms with E-state index in [1.54, 1.807) is 4.90 Å². The van der Waals surface area contributed by atoms with Crippen molar-refractivity contribution >= 4 is 23.6 Å². The zero-order chi connectivity index (χ0) is 27.6. The number of amidine groups is 1. The highest BCUT2D eigenvalue weighted by Gasteiger charge is 2.45. The number of nitrogens with zero attached hydrogens (tertiary/aromatic N) is 6. The molecule has 0 aliphatic carbocycles. The summed E-state index contributed by atoms with van der Waals surface area (Å²) in [6.45, 7) is 14.9. The fourth-order valence-electron chi connectivity index (χ4n) is 5.48. The van der Waals surface area contributed by atoms with Crippen LogP contribution in [0.2, 0.25) is 0 Å². The number of ether oxygens (including phenoxy) is 1. The van der Waals surface area contributed by atoms with Crippen LogP contribution in [0, 0.1) is 11.7 Å². The molecule has 12 heteroatoms. The number of carbonyl (C=O) groups is 1. The van der Waals surface area contributed by atoms with Crippen LogP contribution in [-0.4, -0.2) is 100 Å². The lowest BCUT2D eigenvalue weighted by atomic mass is 9.97. The van der Waals surface area contributed by atoms with Gasteiger partial charge >= 0.3 is 6.03 Å². The molecule has 38 heavy (non-hydrogen) atoms. The van der Waals surface area contributed by atoms with Crippen LogP contribution in [0.1, 0.15) is 47.5 Å². The van der Waals surface area contributed by atoms with Crippen LogP contribution in [0.15, 0.2) is 22.5 Å². The predicted molar refractivity (Wildman–Crippen MR) is 146 cm³/mol. The Kier molecular flexibility index (Phi) is 8.41. The van der Waals surface area contributed by atoms with Gasteiger partial charge in [0.05, 0.1) is 18.3 Å². The molecular weight excluding hydrogens is 489 g/mol. The number of piperazine rings is 1. The predicted octanol–water partition coefficient (Wildman–Crippen LogP) is 2.28. The largest absolute Gasteiger partial charge is 0.400 e. The van der Waals surface area contributed by atoms with E-state index in [0.717, 1.165) is 45.3 Å². The van der Waals surface area contributed by atoms with Gasteiger partial charge in [0.2, 0.25) is 5.95 Å². The van der Waals surface area contributed by atoms with E-state index < -0.39 is 11.4 Å². The smallest absolute Gasteiger partial charge is 0.321 e. The zero-order valence-electron chi connectivity index (χ0n) is 23.2. The van der Waals surface area contributed by atoms with Gasteiger partial charge in [0, 0.05) is 62.7 Å². The molecule has 0 radical (unpaired) electrons. The van der Waals surface area contributed by atoms with E-state index in [4.69, 9.17) is 16.2 Å². The lowest BCUT2D eigenvalue weighted by Gasteiger charge is -2.47. The first kappa shape index (κ1) is 28.0. The van der Waals surface area contributed by atoms with Gasteiger partial charge in [-0.15, -0.1) is 0 Å². The van der Waals surface area contributed by atoms with E-state index in [0.29, 0.717) is 30.3 Å². The van der Waals surface area contributed by atoms with Crippen molar-refractivity contribution in [3.05, 3.63) is 23.3 Å². The van der Waals surface area contributed by atoms with Gasteiger partial charge in [-0.05, 0) is 53.4 Å². The molecular formula is C26H42FN9O2. The number of nitrogens with one attached hydrogen (secondary N) is 1. The van der Waals surface area contributed by atoms with Gasteiger partial charge in [0.15, 0.2) is 11.6 Å². The summed E-state index contributed by atoms with van der Waals surface area (Å²) in [6, 6.07) is 0.200. The number of anilines is 1. The Hall–Kier alpha value is -2.99. The maximum absolute atomic E-state index is 14.4. The Labute approximate surface area is 224 Å². The van der Waals surface area contributed by atoms with Crippen LogP contribution in [-0.2, 0) is 4.74 Å². The maximum Gasteiger partial charge on any atom is 0.321 e. The number of urea groups is 1. The molecule has 11 nitrogen and oxygen atoms in total. The van der Waals surface area contributed by atoms with Crippen molar-refractivity contribution in [2.24, 2.45) is 22.4 Å². The van der Waals surface area contributed by atoms with Crippen LogP contribution in [0.4, 0.5) is 21.0 Å². The lowest BCUT2D eigenvalue weighted by Crippen LogP contribution is -2.63. The van der Waals surface area contributed by atoms with Crippen LogP contribution in [0.3, 0.4) is 0 Å². The average Bonchev–Trinajstić information content (AvgIpc) is 3.12. The Bertz CT molecular complexity index is 1090. The molecule has 3 aliphatic rings. The molecule has 3 aliphatic heterocycles. The van der Waals surface area contributed by atoms with Crippen molar-refractivity contribution in [1.82, 2.24) is 24.7 Å². The third-order valence-electron chi connectivity index (χ3n) is 8.00. The van der Waals surface area contributed by atoms with Gasteiger partial charge < -0.3 is 31.3 Å². The first-order chi connectivity index (χ1) is 18.0. The third-order valence-corrected chi connectivity index (χ3v) is 8.00. The second-order valence-electron chi connectivity index (χ2n) is 11.1. The van der Waals surface area contributed by atoms with Crippen LogP contribution in [0.5, 0.6) is 0 Å². The molecule has 1 aromatic heterocycles. The molecule has 0 unspecified atom stereocenters. The van der Waals surface area contributed by atoms with Gasteiger partial charge in [-0.3, -0.25) is 4.90 Å². The fourth-order valence-corrected chi connectivity index (χ4v) is 5.48. The molecule has 0 saturated carbocycles. The van der Waals surface area contributed by atoms with E-state index in [2.05, 4.69) is 39.0 Å². The monoisotopic (exact) mass is 531 g/mol. The zero-order valence-corrected chi connectivity index (χ0v) is 23.2. The van der Waals surface area contributed by atoms with Crippen molar-refractivity contribution in [2.75, 3.05) is 51.3 Å². The summed E-state index contributed by atoms with van der Waals surface area (Å²) in [6.07, 6.45) is 3.23. The quantitative estimate of drug-likeness (QED) is 0.375. The maximum atomic E-state index is 14.4. The standard InChI is InChI=1S/C26H42FN9O2/c1-6-30-24-31-11-20(27)23(33-24)32-22(29)19-15-36(26(4,5)21(19)28)25(37)35-13-16(2)34(12-17(35)3)14-18-7-9-38-10-8-18/h11,16-18H,6-10,12-15,28H2,1-5H3,(H3,29,30,31,32,33)/t16-,17+/m1/s1. The summed E-state index contributed by atoms with van der Waals surface area (Å²) in [7, 11) is 0. The number of nitrogens with two attached hydrogens (primary N) is 2. The number of hydrogen-bond acceptors (Lipinski definition) is 8. The highest BCUT2D eigenvalue weighted by atomic mass is 19.1. The van der Waals surface area contributed by atoms with Crippen LogP contribution < -0.4 is 16.8 Å². The number of halogens is 1. The number of aliphatic imine (C=N–C) groups is 1. The van der Waals surface area contributed by atoms with Crippen molar-refractivity contribution < 1.29 is 13.9 Å². The molecule has 4 rings (SSSR count). The Morgan fingerprint density at radius 3 is 2.66 bits per heavy atom. The second kappa shape index (κ2) is 11.4. The number of amides is 2. The summed E-state index contributed by atoms with van der Waals surface area (Å²) in [5.41, 5.74) is 13.0. The highest BCUT2D eigenvalue weighted by molar-refractivity contribution is 6.01. The van der Waals surface area contributed by atoms with Crippen molar-refractivity contribution in [3.63, 3.8) is 0 Å². The lowest BCUT2D eigenvalue weighted by molar-refractivity contribution is 0.0119. The average molecular weight is 532 g/mol. The van der Waals surface area contributed by atoms with Crippen molar-refractivity contribution in [3.8, 4) is 0 Å². The summed E-state index contributed by atoms with van der Waals surface area (Å²) in [5.74, 6) is 0.0546. The number of carbonyl (C=O) groups excluding carboxylic acids is 1. The first-order valence-corrected chi connectivity index (χ1v) is 13.5. The van der Waals surface area contributed by atoms with Crippen LogP contribution >= 0.6 is 0 Å². The molecule has 2 amide bonds. The van der Waals surface area contributed by atoms with E-state index >= 15 is 0 Å². The van der Waals surface area contributed by atoms with E-state index in [1.165, 1.54) is 0 Å². The van der Waals surface area contributed by atoms with Gasteiger partial charge in [-0.1, -0.05) is 0 Å². The molecule has 0 aromatic carbocycles. The number of hydrogen-bond donors (Lipinski definition) is 3. The Morgan fingerprint density at radius 1 is 1.26 bits per heavy atom. The van der Waals surface area contributed by atoms with E-state index in [-0.39, 0.29) is 42.3 Å². The topological polar surface area (TPSA) is 138 Å². The van der Waals surface area contributed by atoms with E-state index in [9.17, 15) is 9.18 Å². The normalized spacial score (nSPS) is 25.3. The van der Waals surface area contributed by atoms with Crippen molar-refractivity contribution in [2.45, 2.75) is 65.1 Å². The summed E-state index contributed by atoms with van der Waals surface area (Å²) >= 11 is 0. The molecule has 2 atom stereocenters. The second-order valence-corrected chi connectivity index (χ2v) is 11.1. The van der Waals surface area contributed by atoms with Gasteiger partial charge in [0.1, 0.15) is 5.84 Å². The third kappa shape index (κ3) is 5.70. The van der Waals surface area contributed by atoms with Crippen molar-refractivity contribution in [1.29, 1.82) is 0 Å². The van der Waals surface area contributed by atoms with Crippen LogP contribution in [0.25, 0.3) is 0 Å². The highest BCUT2D eigenvalue weighted by Crippen LogP contribution is 2.34. The molecule has 210 valence electrons. The Morgan fingerprint density at radius 2 is 1.97 bits per heavy atom. The van der Waals surface area contributed by atoms with Gasteiger partial charge in [-0.25, -0.2) is 19.2 Å². The molecule has 5 N–H and O–H groups in total. The number of rotatable bonds is 6. The minimum atomic E-state index is -0.784. The summed E-state index contributed by atoms with van der Waals surface area (Å²) in [5, 5.41) is 2.93. The summed E-state index contributed by atoms with van der Waals surface area (Å²) < 4.78 is 19.9. The SMILES string of the molecule is CCNc1ncc(F)c(N=C(N)C2=C(N)C(C)(C)N(C(=O)N3C[C@@H](C)N(CC4CCOCC4)C[C@@H]3C)C2)n1. The van der Waals surface area contributed by atoms with Gasteiger partial charge in [0.25, 0.3) is 0 Å². The fraction of sp³-hybridized carbons (Fsp3) is 0.692. The number of aromatic nitrogens is 2. The molecule has 1 aromatic rings. The summed E-state index contributed by atoms with van der Waals surface area (Å²) in [4.78, 5) is 32.3. The van der Waals surface area contributed by atoms with Gasteiger partial charge in [-0.2, -0.15) is 4.98 Å². The minimum Gasteiger partial charge on any atom is -0.400 e. The first-order valence-electron chi connectivity index (χ1n) is 13.5. The molecule has 0 bridgehead atoms. The van der Waals surface area contributed by atoms with E-state index in [1.807, 2.05) is 25.7 Å². The molecule has 2 fully saturated rings. The molecule has 2 saturated heterocycles. The molecule has 4 heterocycles. The molecule has 0 spiro atoms. The Balaban J connectivity index is 1.47.